The number of rotatable bonds is 3. The highest BCUT2D eigenvalue weighted by atomic mass is 16.5. The number of carbonyl (C=O) groups excluding carboxylic acids is 1. The fourth-order valence-corrected chi connectivity index (χ4v) is 4.71. The van der Waals surface area contributed by atoms with Gasteiger partial charge in [-0.05, 0) is 76.6 Å². The summed E-state index contributed by atoms with van der Waals surface area (Å²) in [6, 6.07) is 6.33. The summed E-state index contributed by atoms with van der Waals surface area (Å²) in [5.74, 6) is 0.953. The van der Waals surface area contributed by atoms with Gasteiger partial charge in [0.2, 0.25) is 5.91 Å². The van der Waals surface area contributed by atoms with Crippen LogP contribution in [0, 0.1) is 0 Å². The van der Waals surface area contributed by atoms with Crippen LogP contribution in [0.1, 0.15) is 64.0 Å². The van der Waals surface area contributed by atoms with E-state index in [-0.39, 0.29) is 28.9 Å². The molecule has 4 heteroatoms. The fourth-order valence-electron chi connectivity index (χ4n) is 4.71. The third kappa shape index (κ3) is 3.59. The number of ether oxygens (including phenoxy) is 1. The molecule has 0 bridgehead atoms. The molecule has 1 amide bonds. The first-order valence-electron chi connectivity index (χ1n) is 8.96. The van der Waals surface area contributed by atoms with Gasteiger partial charge in [0.1, 0.15) is 5.75 Å². The number of piperidine rings is 1. The first kappa shape index (κ1) is 17.3. The molecule has 0 unspecified atom stereocenters. The smallest absolute Gasteiger partial charge is 0.227 e. The maximum absolute atomic E-state index is 12.9. The zero-order valence-electron chi connectivity index (χ0n) is 15.5. The van der Waals surface area contributed by atoms with E-state index in [1.165, 1.54) is 5.56 Å². The molecule has 0 radical (unpaired) electrons. The van der Waals surface area contributed by atoms with E-state index in [0.717, 1.165) is 37.0 Å². The van der Waals surface area contributed by atoms with Crippen LogP contribution in [0.25, 0.3) is 0 Å². The first-order chi connectivity index (χ1) is 11.2. The molecule has 1 fully saturated rings. The molecule has 1 aliphatic carbocycles. The molecule has 3 rings (SSSR count). The Bertz CT molecular complexity index is 621. The van der Waals surface area contributed by atoms with Gasteiger partial charge < -0.3 is 15.4 Å². The van der Waals surface area contributed by atoms with Gasteiger partial charge in [-0.2, -0.15) is 0 Å². The van der Waals surface area contributed by atoms with E-state index in [1.54, 1.807) is 7.11 Å². The van der Waals surface area contributed by atoms with Crippen LogP contribution in [-0.4, -0.2) is 30.1 Å². The zero-order chi connectivity index (χ0) is 17.5. The molecule has 0 spiro atoms. The summed E-state index contributed by atoms with van der Waals surface area (Å²) < 4.78 is 5.33. The van der Waals surface area contributed by atoms with Crippen LogP contribution in [0.2, 0.25) is 0 Å². The summed E-state index contributed by atoms with van der Waals surface area (Å²) in [7, 11) is 1.67. The Hall–Kier alpha value is -1.55. The number of fused-ring (bicyclic) bond motifs is 1. The highest BCUT2D eigenvalue weighted by molar-refractivity contribution is 5.85. The van der Waals surface area contributed by atoms with Crippen molar-refractivity contribution in [2.45, 2.75) is 76.4 Å². The Morgan fingerprint density at radius 3 is 2.50 bits per heavy atom. The number of nitrogens with one attached hydrogen (secondary N) is 2. The van der Waals surface area contributed by atoms with Gasteiger partial charge in [-0.25, -0.2) is 0 Å². The fraction of sp³-hybridized carbons (Fsp3) is 0.650. The lowest BCUT2D eigenvalue weighted by Crippen LogP contribution is -2.62. The second-order valence-corrected chi connectivity index (χ2v) is 8.66. The van der Waals surface area contributed by atoms with Crippen LogP contribution in [0.3, 0.4) is 0 Å². The average molecular weight is 330 g/mol. The molecule has 4 nitrogen and oxygen atoms in total. The summed E-state index contributed by atoms with van der Waals surface area (Å²) in [6.07, 6.45) is 3.78. The molecule has 1 heterocycles. The summed E-state index contributed by atoms with van der Waals surface area (Å²) in [5.41, 5.74) is 2.49. The second-order valence-electron chi connectivity index (χ2n) is 8.66. The Balaban J connectivity index is 1.73. The quantitative estimate of drug-likeness (QED) is 0.895. The van der Waals surface area contributed by atoms with Crippen molar-refractivity contribution in [2.24, 2.45) is 0 Å². The molecular weight excluding hydrogens is 300 g/mol. The van der Waals surface area contributed by atoms with E-state index >= 15 is 0 Å². The van der Waals surface area contributed by atoms with Gasteiger partial charge in [0.25, 0.3) is 0 Å². The SMILES string of the molecule is COc1ccc2c(c1)[C@@H](C(=O)NC1CC(C)(C)NC(C)(C)C1)CC2. The number of methoxy groups -OCH3 is 1. The molecule has 2 aliphatic rings. The molecule has 132 valence electrons. The van der Waals surface area contributed by atoms with Crippen LogP contribution in [-0.2, 0) is 11.2 Å². The lowest BCUT2D eigenvalue weighted by atomic mass is 9.79. The third-order valence-electron chi connectivity index (χ3n) is 5.28. The summed E-state index contributed by atoms with van der Waals surface area (Å²) in [6.45, 7) is 8.84. The van der Waals surface area contributed by atoms with Crippen LogP contribution in [0.5, 0.6) is 5.75 Å². The Labute approximate surface area is 145 Å². The van der Waals surface area contributed by atoms with Gasteiger partial charge in [0.15, 0.2) is 0 Å². The predicted molar refractivity (Wildman–Crippen MR) is 96.5 cm³/mol. The number of amides is 1. The number of benzene rings is 1. The third-order valence-corrected chi connectivity index (χ3v) is 5.28. The molecule has 0 saturated carbocycles. The van der Waals surface area contributed by atoms with E-state index in [2.05, 4.69) is 44.4 Å². The molecule has 1 aromatic carbocycles. The van der Waals surface area contributed by atoms with Gasteiger partial charge >= 0.3 is 0 Å². The van der Waals surface area contributed by atoms with Crippen molar-refractivity contribution < 1.29 is 9.53 Å². The lowest BCUT2D eigenvalue weighted by Gasteiger charge is -2.46. The molecular formula is C20H30N2O2. The molecule has 1 atom stereocenters. The van der Waals surface area contributed by atoms with Crippen molar-refractivity contribution >= 4 is 5.91 Å². The minimum absolute atomic E-state index is 0.0382. The number of hydrogen-bond donors (Lipinski definition) is 2. The Morgan fingerprint density at radius 1 is 1.21 bits per heavy atom. The molecule has 24 heavy (non-hydrogen) atoms. The normalized spacial score (nSPS) is 25.1. The monoisotopic (exact) mass is 330 g/mol. The van der Waals surface area contributed by atoms with Crippen LogP contribution >= 0.6 is 0 Å². The van der Waals surface area contributed by atoms with Crippen molar-refractivity contribution in [1.82, 2.24) is 10.6 Å². The molecule has 1 aliphatic heterocycles. The van der Waals surface area contributed by atoms with E-state index in [1.807, 2.05) is 12.1 Å². The first-order valence-corrected chi connectivity index (χ1v) is 8.96. The standard InChI is InChI=1S/C20H30N2O2/c1-19(2)11-14(12-20(3,4)22-19)21-18(23)16-9-7-13-6-8-15(24-5)10-17(13)16/h6,8,10,14,16,22H,7,9,11-12H2,1-5H3,(H,21,23)/t16-/m0/s1. The van der Waals surface area contributed by atoms with Crippen LogP contribution in [0.15, 0.2) is 18.2 Å². The summed E-state index contributed by atoms with van der Waals surface area (Å²) >= 11 is 0. The van der Waals surface area contributed by atoms with E-state index in [4.69, 9.17) is 4.74 Å². The van der Waals surface area contributed by atoms with Crippen molar-refractivity contribution in [3.63, 3.8) is 0 Å². The molecule has 2 N–H and O–H groups in total. The van der Waals surface area contributed by atoms with E-state index in [0.29, 0.717) is 0 Å². The highest BCUT2D eigenvalue weighted by Gasteiger charge is 2.39. The molecule has 1 aromatic rings. The maximum Gasteiger partial charge on any atom is 0.227 e. The van der Waals surface area contributed by atoms with Crippen molar-refractivity contribution in [1.29, 1.82) is 0 Å². The van der Waals surface area contributed by atoms with Crippen LogP contribution in [0.4, 0.5) is 0 Å². The predicted octanol–water partition coefficient (Wildman–Crippen LogP) is 3.15. The summed E-state index contributed by atoms with van der Waals surface area (Å²) in [5, 5.41) is 7.00. The maximum atomic E-state index is 12.9. The Kier molecular flexibility index (Phi) is 4.37. The van der Waals surface area contributed by atoms with Crippen molar-refractivity contribution in [3.05, 3.63) is 29.3 Å². The largest absolute Gasteiger partial charge is 0.497 e. The lowest BCUT2D eigenvalue weighted by molar-refractivity contribution is -0.123. The van der Waals surface area contributed by atoms with Crippen molar-refractivity contribution in [2.75, 3.05) is 7.11 Å². The number of carbonyl (C=O) groups is 1. The topological polar surface area (TPSA) is 50.4 Å². The number of aryl methyl sites for hydroxylation is 1. The van der Waals surface area contributed by atoms with Gasteiger partial charge in [0.05, 0.1) is 13.0 Å². The number of hydrogen-bond acceptors (Lipinski definition) is 3. The van der Waals surface area contributed by atoms with Gasteiger partial charge in [-0.1, -0.05) is 6.07 Å². The average Bonchev–Trinajstić information content (AvgIpc) is 2.86. The van der Waals surface area contributed by atoms with Gasteiger partial charge in [-0.15, -0.1) is 0 Å². The van der Waals surface area contributed by atoms with Gasteiger partial charge in [-0.3, -0.25) is 4.79 Å². The highest BCUT2D eigenvalue weighted by Crippen LogP contribution is 2.36. The Morgan fingerprint density at radius 2 is 1.88 bits per heavy atom. The molecule has 0 aromatic heterocycles. The van der Waals surface area contributed by atoms with Crippen molar-refractivity contribution in [3.8, 4) is 5.75 Å². The van der Waals surface area contributed by atoms with E-state index < -0.39 is 0 Å². The summed E-state index contributed by atoms with van der Waals surface area (Å²) in [4.78, 5) is 12.9. The van der Waals surface area contributed by atoms with Crippen LogP contribution < -0.4 is 15.4 Å². The minimum atomic E-state index is -0.0452. The molecule has 1 saturated heterocycles. The zero-order valence-corrected chi connectivity index (χ0v) is 15.5. The second kappa shape index (κ2) is 6.07. The van der Waals surface area contributed by atoms with Gasteiger partial charge in [0, 0.05) is 17.1 Å². The minimum Gasteiger partial charge on any atom is -0.497 e. The van der Waals surface area contributed by atoms with E-state index in [9.17, 15) is 4.79 Å².